The van der Waals surface area contributed by atoms with Gasteiger partial charge in [0.2, 0.25) is 0 Å². The van der Waals surface area contributed by atoms with E-state index in [2.05, 4.69) is 71.9 Å². The minimum absolute atomic E-state index is 0. The number of aromatic carboxylic acids is 1. The average Bonchev–Trinajstić information content (AvgIpc) is 4.40. The maximum absolute atomic E-state index is 11.5. The van der Waals surface area contributed by atoms with E-state index in [4.69, 9.17) is 29.8 Å². The first kappa shape index (κ1) is 75.8. The van der Waals surface area contributed by atoms with Gasteiger partial charge in [-0.1, -0.05) is 91.0 Å². The number of aldehydes is 1. The molecule has 3 heterocycles. The molecule has 9 aromatic rings. The van der Waals surface area contributed by atoms with Crippen molar-refractivity contribution in [3.8, 4) is 63.0 Å². The number of nitrogens with zero attached hydrogens (tertiary/aromatic N) is 8. The van der Waals surface area contributed by atoms with Crippen molar-refractivity contribution in [1.29, 1.82) is 10.5 Å². The fourth-order valence-corrected chi connectivity index (χ4v) is 7.55. The van der Waals surface area contributed by atoms with Crippen molar-refractivity contribution < 1.29 is 119 Å². The van der Waals surface area contributed by atoms with Crippen LogP contribution in [0, 0.1) is 43.4 Å². The molecule has 0 fully saturated rings. The number of hydrogen-bond acceptors (Lipinski definition) is 17. The second kappa shape index (κ2) is 37.9. The number of carboxylic acid groups (broad SMARTS) is 1. The smallest absolute Gasteiger partial charge is 1.00 e. The number of benzene rings is 6. The maximum Gasteiger partial charge on any atom is 1.00 e. The Morgan fingerprint density at radius 2 is 0.835 bits per heavy atom. The molecule has 0 aliphatic heterocycles. The summed E-state index contributed by atoms with van der Waals surface area (Å²) in [5.74, 6) is 1.75. The Morgan fingerprint density at radius 3 is 1.09 bits per heavy atom. The second-order valence-electron chi connectivity index (χ2n) is 16.2. The number of nitriles is 2. The molecule has 9 rings (SSSR count). The minimum Gasteiger partial charge on any atom is -1.00 e. The quantitative estimate of drug-likeness (QED) is 0.0360. The number of rotatable bonds is 11. The summed E-state index contributed by atoms with van der Waals surface area (Å²) < 4.78 is 24.0. The summed E-state index contributed by atoms with van der Waals surface area (Å²) >= 11 is 13.8. The molecular weight excluding hydrogens is 1220 g/mol. The number of halogens is 4. The SMILES string of the molecule is COC(=O)c1ccc(-n2nc(-c3ccccc3)c(C#N)c2C)cc1.COC(=O)c1ccc(-n2nc(-c3ccccc3)c(C=O)c2C)cc1.Cc1c(C#N)c(-c2ccccc2)nn1-c1ccc(C(=O)O)cc1.Cl.NO.O=CO[O-].O=P(Cl)(Cl)Cl.[H-].[Na+].[Na+]. The van der Waals surface area contributed by atoms with E-state index in [-0.39, 0.29) is 91.0 Å². The van der Waals surface area contributed by atoms with Gasteiger partial charge in [0.15, 0.2) is 6.29 Å². The molecule has 4 N–H and O–H groups in total. The van der Waals surface area contributed by atoms with Gasteiger partial charge in [-0.25, -0.2) is 34.3 Å². The fourth-order valence-electron chi connectivity index (χ4n) is 7.55. The van der Waals surface area contributed by atoms with Crippen LogP contribution in [0.1, 0.15) is 71.1 Å². The van der Waals surface area contributed by atoms with E-state index < -0.39 is 17.1 Å². The molecule has 0 amide bonds. The van der Waals surface area contributed by atoms with E-state index >= 15 is 0 Å². The number of carbonyl (C=O) groups is 5. The molecule has 21 nitrogen and oxygen atoms in total. The van der Waals surface area contributed by atoms with Crippen LogP contribution in [0.5, 0.6) is 0 Å². The van der Waals surface area contributed by atoms with Crippen molar-refractivity contribution in [2.24, 2.45) is 5.90 Å². The number of carboxylic acids is 1. The Kier molecular flexibility index (Phi) is 33.8. The van der Waals surface area contributed by atoms with Crippen LogP contribution < -0.4 is 70.3 Å². The third kappa shape index (κ3) is 21.3. The van der Waals surface area contributed by atoms with Crippen molar-refractivity contribution in [3.63, 3.8) is 0 Å². The maximum atomic E-state index is 11.5. The summed E-state index contributed by atoms with van der Waals surface area (Å²) in [5.41, 5.74) is 11.8. The van der Waals surface area contributed by atoms with Crippen molar-refractivity contribution in [2.75, 3.05) is 14.2 Å². The first-order chi connectivity index (χ1) is 39.3. The molecule has 85 heavy (non-hydrogen) atoms. The Balaban J connectivity index is 0.00000113. The fraction of sp³-hybridized carbons (Fsp3) is 0.0877. The normalized spacial score (nSPS) is 9.61. The molecule has 0 radical (unpaired) electrons. The summed E-state index contributed by atoms with van der Waals surface area (Å²) in [6, 6.07) is 53.3. The van der Waals surface area contributed by atoms with Crippen LogP contribution in [0.15, 0.2) is 164 Å². The summed E-state index contributed by atoms with van der Waals surface area (Å²) in [5, 5.41) is 53.4. The predicted octanol–water partition coefficient (Wildman–Crippen LogP) is 5.49. The van der Waals surface area contributed by atoms with Gasteiger partial charge >= 0.3 is 82.2 Å². The Labute approximate surface area is 554 Å². The van der Waals surface area contributed by atoms with Crippen molar-refractivity contribution in [3.05, 3.63) is 214 Å². The molecule has 0 saturated carbocycles. The molecule has 28 heteroatoms. The molecule has 0 spiro atoms. The molecule has 0 bridgehead atoms. The minimum atomic E-state index is -3.22. The molecule has 0 unspecified atom stereocenters. The van der Waals surface area contributed by atoms with Gasteiger partial charge in [0.25, 0.3) is 6.47 Å². The van der Waals surface area contributed by atoms with Crippen LogP contribution in [-0.4, -0.2) is 84.5 Å². The predicted molar refractivity (Wildman–Crippen MR) is 312 cm³/mol. The first-order valence-corrected chi connectivity index (χ1v) is 27.8. The van der Waals surface area contributed by atoms with Crippen LogP contribution in [0.25, 0.3) is 50.8 Å². The molecular formula is C57H50Cl4N9Na2O12P. The summed E-state index contributed by atoms with van der Waals surface area (Å²) in [7, 11) is 2.69. The topological polar surface area (TPSA) is 321 Å². The van der Waals surface area contributed by atoms with Gasteiger partial charge in [0.05, 0.1) is 70.6 Å². The number of methoxy groups -OCH3 is 2. The monoisotopic (exact) mass is 1270 g/mol. The van der Waals surface area contributed by atoms with Crippen molar-refractivity contribution in [1.82, 2.24) is 29.3 Å². The Hall–Kier alpha value is -7.25. The Bertz CT molecular complexity index is 3750. The summed E-state index contributed by atoms with van der Waals surface area (Å²) in [6.07, 6.45) is 0.823. The summed E-state index contributed by atoms with van der Waals surface area (Å²) in [4.78, 5) is 56.8. The van der Waals surface area contributed by atoms with E-state index in [1.54, 1.807) is 74.7 Å². The van der Waals surface area contributed by atoms with Crippen LogP contribution in [0.2, 0.25) is 0 Å². The van der Waals surface area contributed by atoms with Crippen LogP contribution in [0.4, 0.5) is 0 Å². The zero-order valence-corrected chi connectivity index (χ0v) is 54.3. The number of nitrogens with two attached hydrogens (primary N) is 1. The average molecular weight is 1270 g/mol. The number of aromatic nitrogens is 6. The van der Waals surface area contributed by atoms with E-state index in [1.807, 2.05) is 112 Å². The third-order valence-corrected chi connectivity index (χ3v) is 11.3. The number of carbonyl (C=O) groups excluding carboxylic acids is 4. The van der Waals surface area contributed by atoms with Gasteiger partial charge in [-0.05, 0) is 127 Å². The van der Waals surface area contributed by atoms with Gasteiger partial charge in [-0.15, -0.1) is 12.4 Å². The van der Waals surface area contributed by atoms with Gasteiger partial charge in [-0.3, -0.25) is 14.2 Å². The standard InChI is InChI=1S/C19H15N3O2.C19H16N2O3.C18H13N3O2.CH2O3.Cl3OP.ClH.H3NO.2Na.H/c1-13-17(12-20)18(14-6-4-3-5-7-14)21-22(13)16-10-8-15(9-11-16)19(23)24-2;1-13-17(12-22)18(14-6-4-3-5-7-14)20-21(13)16-10-8-15(9-11-16)19(23)24-2;1-12-16(11-19)17(13-5-3-2-4-6-13)20-21(12)15-9-7-14(8-10-15)18(22)23;2-1-4-3;1-5(2,3)4;;1-2;;;/h3-11H,1-2H3;3-12H,1-2H3;2-10H,1H3,(H,22,23);1,3H;;1H;2H,1H2;;;/q;;;;;;;2*+1;-1/p-1. The van der Waals surface area contributed by atoms with Crippen molar-refractivity contribution >= 4 is 82.0 Å². The second-order valence-corrected chi connectivity index (χ2v) is 22.8. The Morgan fingerprint density at radius 1 is 0.565 bits per heavy atom. The summed E-state index contributed by atoms with van der Waals surface area (Å²) in [6.45, 7) is 5.34. The number of hydrogen-bond donors (Lipinski definition) is 3. The van der Waals surface area contributed by atoms with Crippen LogP contribution >= 0.6 is 51.3 Å². The van der Waals surface area contributed by atoms with Gasteiger partial charge < -0.3 is 31.4 Å². The molecule has 0 aliphatic rings. The van der Waals surface area contributed by atoms with Crippen molar-refractivity contribution in [2.45, 2.75) is 20.8 Å². The van der Waals surface area contributed by atoms with Crippen LogP contribution in [0.3, 0.4) is 0 Å². The zero-order chi connectivity index (χ0) is 60.5. The van der Waals surface area contributed by atoms with Gasteiger partial charge in [0, 0.05) is 16.7 Å². The molecule has 430 valence electrons. The number of esters is 2. The van der Waals surface area contributed by atoms with Gasteiger partial charge in [0.1, 0.15) is 40.3 Å². The van der Waals surface area contributed by atoms with Gasteiger partial charge in [-0.2, -0.15) is 25.8 Å². The molecule has 0 atom stereocenters. The van der Waals surface area contributed by atoms with E-state index in [9.17, 15) is 34.3 Å². The van der Waals surface area contributed by atoms with E-state index in [0.717, 1.165) is 51.4 Å². The zero-order valence-electron chi connectivity index (χ0n) is 47.4. The first-order valence-electron chi connectivity index (χ1n) is 23.4. The number of ether oxygens (including phenoxy) is 2. The van der Waals surface area contributed by atoms with E-state index in [0.29, 0.717) is 50.6 Å². The molecule has 3 aromatic heterocycles. The molecule has 0 aliphatic carbocycles. The largest absolute Gasteiger partial charge is 1.00 e. The van der Waals surface area contributed by atoms with E-state index in [1.165, 1.54) is 26.4 Å². The molecule has 6 aromatic carbocycles. The van der Waals surface area contributed by atoms with Crippen LogP contribution in [-0.2, 0) is 23.7 Å². The third-order valence-electron chi connectivity index (χ3n) is 11.3. The molecule has 0 saturated heterocycles.